The van der Waals surface area contributed by atoms with Gasteiger partial charge in [0.25, 0.3) is 0 Å². The first kappa shape index (κ1) is 11.0. The fourth-order valence-electron chi connectivity index (χ4n) is 0.707. The van der Waals surface area contributed by atoms with Crippen LogP contribution in [-0.4, -0.2) is 18.5 Å². The van der Waals surface area contributed by atoms with Gasteiger partial charge in [0.15, 0.2) is 0 Å². The summed E-state index contributed by atoms with van der Waals surface area (Å²) in [6.07, 6.45) is 4.16. The summed E-state index contributed by atoms with van der Waals surface area (Å²) < 4.78 is 0. The second-order valence-electron chi connectivity index (χ2n) is 2.90. The highest BCUT2D eigenvalue weighted by Crippen LogP contribution is 2.03. The SMILES string of the molecule is C/C=C/CNC(C)C(C)CCl. The normalized spacial score (nSPS) is 17.1. The monoisotopic (exact) mass is 175 g/mol. The Morgan fingerprint density at radius 1 is 1.45 bits per heavy atom. The van der Waals surface area contributed by atoms with E-state index < -0.39 is 0 Å². The summed E-state index contributed by atoms with van der Waals surface area (Å²) in [4.78, 5) is 0. The molecule has 0 fully saturated rings. The third kappa shape index (κ3) is 5.28. The molecule has 1 N–H and O–H groups in total. The summed E-state index contributed by atoms with van der Waals surface area (Å²) in [5, 5.41) is 3.36. The second kappa shape index (κ2) is 6.68. The highest BCUT2D eigenvalue weighted by molar-refractivity contribution is 6.18. The molecule has 0 heterocycles. The van der Waals surface area contributed by atoms with Crippen molar-refractivity contribution in [3.63, 3.8) is 0 Å². The quantitative estimate of drug-likeness (QED) is 0.500. The molecule has 0 bridgehead atoms. The smallest absolute Gasteiger partial charge is 0.0263 e. The van der Waals surface area contributed by atoms with E-state index in [0.29, 0.717) is 12.0 Å². The zero-order valence-corrected chi connectivity index (χ0v) is 8.36. The number of allylic oxidation sites excluding steroid dienone is 1. The number of halogens is 1. The van der Waals surface area contributed by atoms with Gasteiger partial charge >= 0.3 is 0 Å². The molecule has 0 aliphatic heterocycles. The van der Waals surface area contributed by atoms with E-state index >= 15 is 0 Å². The summed E-state index contributed by atoms with van der Waals surface area (Å²) in [7, 11) is 0. The van der Waals surface area contributed by atoms with Crippen molar-refractivity contribution in [2.24, 2.45) is 5.92 Å². The van der Waals surface area contributed by atoms with E-state index in [9.17, 15) is 0 Å². The lowest BCUT2D eigenvalue weighted by Gasteiger charge is -2.17. The molecule has 0 spiro atoms. The molecule has 0 saturated heterocycles. The standard InChI is InChI=1S/C9H18ClN/c1-4-5-6-11-9(3)8(2)7-10/h4-5,8-9,11H,6-7H2,1-3H3/b5-4+. The minimum atomic E-state index is 0.503. The van der Waals surface area contributed by atoms with E-state index in [4.69, 9.17) is 11.6 Å². The molecule has 2 atom stereocenters. The van der Waals surface area contributed by atoms with Crippen molar-refractivity contribution in [3.8, 4) is 0 Å². The van der Waals surface area contributed by atoms with Gasteiger partial charge in [0.05, 0.1) is 0 Å². The summed E-state index contributed by atoms with van der Waals surface area (Å²) in [6, 6.07) is 0.503. The van der Waals surface area contributed by atoms with Gasteiger partial charge in [-0.25, -0.2) is 0 Å². The molecule has 11 heavy (non-hydrogen) atoms. The molecule has 0 aromatic rings. The van der Waals surface area contributed by atoms with Crippen molar-refractivity contribution in [3.05, 3.63) is 12.2 Å². The van der Waals surface area contributed by atoms with Crippen LogP contribution < -0.4 is 5.32 Å². The maximum Gasteiger partial charge on any atom is 0.0263 e. The number of hydrogen-bond donors (Lipinski definition) is 1. The van der Waals surface area contributed by atoms with Gasteiger partial charge in [-0.15, -0.1) is 11.6 Å². The Morgan fingerprint density at radius 3 is 2.55 bits per heavy atom. The predicted molar refractivity (Wildman–Crippen MR) is 52.2 cm³/mol. The molecule has 0 aliphatic carbocycles. The van der Waals surface area contributed by atoms with Gasteiger partial charge in [-0.2, -0.15) is 0 Å². The zero-order chi connectivity index (χ0) is 8.69. The van der Waals surface area contributed by atoms with Crippen molar-refractivity contribution < 1.29 is 0 Å². The molecule has 0 amide bonds. The first-order valence-electron chi connectivity index (χ1n) is 4.12. The Bertz CT molecular complexity index is 112. The lowest BCUT2D eigenvalue weighted by Crippen LogP contribution is -2.32. The van der Waals surface area contributed by atoms with E-state index in [-0.39, 0.29) is 0 Å². The Morgan fingerprint density at radius 2 is 2.09 bits per heavy atom. The van der Waals surface area contributed by atoms with Crippen LogP contribution in [0.5, 0.6) is 0 Å². The van der Waals surface area contributed by atoms with E-state index in [2.05, 4.69) is 25.2 Å². The number of rotatable bonds is 5. The van der Waals surface area contributed by atoms with Gasteiger partial charge < -0.3 is 5.32 Å². The first-order valence-corrected chi connectivity index (χ1v) is 4.66. The van der Waals surface area contributed by atoms with Gasteiger partial charge in [-0.3, -0.25) is 0 Å². The van der Waals surface area contributed by atoms with Crippen LogP contribution in [0, 0.1) is 5.92 Å². The van der Waals surface area contributed by atoms with Crippen molar-refractivity contribution >= 4 is 11.6 Å². The molecule has 0 saturated carbocycles. The molecular formula is C9H18ClN. The third-order valence-corrected chi connectivity index (χ3v) is 2.38. The van der Waals surface area contributed by atoms with E-state index in [1.165, 1.54) is 0 Å². The maximum atomic E-state index is 5.70. The van der Waals surface area contributed by atoms with Crippen molar-refractivity contribution in [2.75, 3.05) is 12.4 Å². The first-order chi connectivity index (χ1) is 5.22. The Balaban J connectivity index is 3.43. The number of nitrogens with one attached hydrogen (secondary N) is 1. The molecule has 1 nitrogen and oxygen atoms in total. The molecule has 66 valence electrons. The lowest BCUT2D eigenvalue weighted by atomic mass is 10.1. The van der Waals surface area contributed by atoms with Crippen LogP contribution in [0.1, 0.15) is 20.8 Å². The molecule has 0 aliphatic rings. The fraction of sp³-hybridized carbons (Fsp3) is 0.778. The minimum absolute atomic E-state index is 0.503. The third-order valence-electron chi connectivity index (χ3n) is 1.89. The second-order valence-corrected chi connectivity index (χ2v) is 3.21. The molecule has 2 heteroatoms. The van der Waals surface area contributed by atoms with Crippen LogP contribution in [0.3, 0.4) is 0 Å². The molecule has 0 radical (unpaired) electrons. The summed E-state index contributed by atoms with van der Waals surface area (Å²) in [6.45, 7) is 7.28. The van der Waals surface area contributed by atoms with Crippen molar-refractivity contribution in [1.29, 1.82) is 0 Å². The van der Waals surface area contributed by atoms with E-state index in [0.717, 1.165) is 12.4 Å². The van der Waals surface area contributed by atoms with Crippen LogP contribution in [0.4, 0.5) is 0 Å². The molecule has 2 unspecified atom stereocenters. The largest absolute Gasteiger partial charge is 0.310 e. The average molecular weight is 176 g/mol. The lowest BCUT2D eigenvalue weighted by molar-refractivity contribution is 0.449. The van der Waals surface area contributed by atoms with Crippen LogP contribution in [-0.2, 0) is 0 Å². The Labute approximate surface area is 74.8 Å². The van der Waals surface area contributed by atoms with Gasteiger partial charge in [0, 0.05) is 18.5 Å². The minimum Gasteiger partial charge on any atom is -0.310 e. The topological polar surface area (TPSA) is 12.0 Å². The summed E-state index contributed by atoms with van der Waals surface area (Å²) in [5.41, 5.74) is 0. The predicted octanol–water partition coefficient (Wildman–Crippen LogP) is 2.42. The summed E-state index contributed by atoms with van der Waals surface area (Å²) in [5.74, 6) is 1.27. The Kier molecular flexibility index (Phi) is 6.68. The molecule has 0 aromatic carbocycles. The van der Waals surface area contributed by atoms with Gasteiger partial charge in [-0.1, -0.05) is 19.1 Å². The van der Waals surface area contributed by atoms with Gasteiger partial charge in [-0.05, 0) is 19.8 Å². The van der Waals surface area contributed by atoms with E-state index in [1.807, 2.05) is 13.0 Å². The average Bonchev–Trinajstić information content (AvgIpc) is 2.03. The highest BCUT2D eigenvalue weighted by atomic mass is 35.5. The van der Waals surface area contributed by atoms with Gasteiger partial charge in [0.1, 0.15) is 0 Å². The van der Waals surface area contributed by atoms with Crippen molar-refractivity contribution in [2.45, 2.75) is 26.8 Å². The number of alkyl halides is 1. The molecule has 0 aromatic heterocycles. The molecular weight excluding hydrogens is 158 g/mol. The summed E-state index contributed by atoms with van der Waals surface area (Å²) >= 11 is 5.70. The van der Waals surface area contributed by atoms with Crippen LogP contribution >= 0.6 is 11.6 Å². The van der Waals surface area contributed by atoms with Crippen LogP contribution in [0.25, 0.3) is 0 Å². The van der Waals surface area contributed by atoms with Crippen LogP contribution in [0.2, 0.25) is 0 Å². The maximum absolute atomic E-state index is 5.70. The van der Waals surface area contributed by atoms with E-state index in [1.54, 1.807) is 0 Å². The van der Waals surface area contributed by atoms with Crippen molar-refractivity contribution in [1.82, 2.24) is 5.32 Å². The van der Waals surface area contributed by atoms with Gasteiger partial charge in [0.2, 0.25) is 0 Å². The fourth-order valence-corrected chi connectivity index (χ4v) is 0.974. The van der Waals surface area contributed by atoms with Crippen LogP contribution in [0.15, 0.2) is 12.2 Å². The zero-order valence-electron chi connectivity index (χ0n) is 7.60. The Hall–Kier alpha value is -0.0100. The highest BCUT2D eigenvalue weighted by Gasteiger charge is 2.08. The number of hydrogen-bond acceptors (Lipinski definition) is 1. The molecule has 0 rings (SSSR count).